The molecule has 2 fully saturated rings. The number of halogens is 1. The zero-order chi connectivity index (χ0) is 20.0. The largest absolute Gasteiger partial charge is 0.340 e. The summed E-state index contributed by atoms with van der Waals surface area (Å²) in [5.41, 5.74) is 3.51. The fourth-order valence-corrected chi connectivity index (χ4v) is 4.12. The van der Waals surface area contributed by atoms with Gasteiger partial charge in [0.05, 0.1) is 16.8 Å². The van der Waals surface area contributed by atoms with Crippen molar-refractivity contribution in [2.45, 2.75) is 12.6 Å². The van der Waals surface area contributed by atoms with Crippen molar-refractivity contribution >= 4 is 22.8 Å². The molecule has 1 aliphatic carbocycles. The highest BCUT2D eigenvalue weighted by atomic mass is 19.1. The van der Waals surface area contributed by atoms with Gasteiger partial charge in [0.15, 0.2) is 0 Å². The highest BCUT2D eigenvalue weighted by Crippen LogP contribution is 2.46. The molecule has 3 aromatic rings. The average molecular weight is 394 g/mol. The number of aromatic nitrogens is 3. The van der Waals surface area contributed by atoms with Crippen molar-refractivity contribution in [1.82, 2.24) is 25.7 Å². The van der Waals surface area contributed by atoms with E-state index in [2.05, 4.69) is 25.2 Å². The van der Waals surface area contributed by atoms with E-state index >= 15 is 0 Å². The van der Waals surface area contributed by atoms with Gasteiger partial charge in [-0.1, -0.05) is 6.07 Å². The van der Waals surface area contributed by atoms with Gasteiger partial charge in [0.1, 0.15) is 5.82 Å². The molecule has 0 spiro atoms. The number of amides is 1. The van der Waals surface area contributed by atoms with Crippen molar-refractivity contribution in [2.75, 3.05) is 18.0 Å². The first kappa shape index (κ1) is 17.9. The Kier molecular flexibility index (Phi) is 4.33. The number of nitrogens with one attached hydrogen (secondary N) is 2. The lowest BCUT2D eigenvalue weighted by Gasteiger charge is -2.20. The molecule has 0 radical (unpaired) electrons. The van der Waals surface area contributed by atoms with E-state index in [4.69, 9.17) is 5.21 Å². The van der Waals surface area contributed by atoms with Crippen LogP contribution >= 0.6 is 0 Å². The third kappa shape index (κ3) is 3.39. The summed E-state index contributed by atoms with van der Waals surface area (Å²) in [7, 11) is 0. The summed E-state index contributed by atoms with van der Waals surface area (Å²) in [5, 5.41) is 13.0. The molecule has 9 heteroatoms. The van der Waals surface area contributed by atoms with Gasteiger partial charge in [0.25, 0.3) is 5.91 Å². The number of pyridine rings is 1. The number of hydrogen-bond donors (Lipinski definition) is 3. The standard InChI is InChI=1S/C20H19FN6O2/c21-13-2-4-17-11(5-13)1-3-14(25-17)8-22-18-15-9-27(10-16(15)18)20-23-6-12(7-24-20)19(28)26-29/h1-7,15-16,18,22,29H,8-10H2,(H,26,28)/t15-,16?,18+/m0/s1. The van der Waals surface area contributed by atoms with Crippen molar-refractivity contribution in [3.8, 4) is 0 Å². The molecule has 1 aromatic carbocycles. The van der Waals surface area contributed by atoms with Crippen LogP contribution in [0.15, 0.2) is 42.7 Å². The number of carbonyl (C=O) groups is 1. The SMILES string of the molecule is O=C(NO)c1cnc(N2CC3[C@H](C2)[C@H]3NCc2ccc3cc(F)ccc3n2)nc1. The van der Waals surface area contributed by atoms with Crippen LogP contribution in [-0.2, 0) is 6.54 Å². The number of hydroxylamine groups is 1. The summed E-state index contributed by atoms with van der Waals surface area (Å²) in [6.07, 6.45) is 2.82. The van der Waals surface area contributed by atoms with Gasteiger partial charge in [-0.2, -0.15) is 0 Å². The number of anilines is 1. The second kappa shape index (κ2) is 7.02. The molecule has 2 aromatic heterocycles. The zero-order valence-electron chi connectivity index (χ0n) is 15.4. The predicted octanol–water partition coefficient (Wildman–Crippen LogP) is 1.51. The minimum Gasteiger partial charge on any atom is -0.340 e. The normalized spacial score (nSPS) is 22.6. The molecule has 29 heavy (non-hydrogen) atoms. The van der Waals surface area contributed by atoms with Crippen LogP contribution in [0.2, 0.25) is 0 Å². The van der Waals surface area contributed by atoms with Crippen molar-refractivity contribution in [3.05, 3.63) is 59.8 Å². The molecule has 3 heterocycles. The Hall–Kier alpha value is -3.17. The second-order valence-corrected chi connectivity index (χ2v) is 7.49. The maximum absolute atomic E-state index is 13.3. The first-order chi connectivity index (χ1) is 14.1. The zero-order valence-corrected chi connectivity index (χ0v) is 15.4. The van der Waals surface area contributed by atoms with Crippen LogP contribution in [0.5, 0.6) is 0 Å². The van der Waals surface area contributed by atoms with Crippen molar-refractivity contribution in [2.24, 2.45) is 11.8 Å². The maximum Gasteiger partial charge on any atom is 0.277 e. The molecule has 2 aliphatic rings. The fourth-order valence-electron chi connectivity index (χ4n) is 4.12. The summed E-state index contributed by atoms with van der Waals surface area (Å²) >= 11 is 0. The van der Waals surface area contributed by atoms with Crippen LogP contribution in [0, 0.1) is 17.7 Å². The van der Waals surface area contributed by atoms with Crippen LogP contribution in [0.4, 0.5) is 10.3 Å². The Bertz CT molecular complexity index is 1060. The molecule has 1 aliphatic heterocycles. The Balaban J connectivity index is 1.16. The molecule has 1 amide bonds. The second-order valence-electron chi connectivity index (χ2n) is 7.49. The number of fused-ring (bicyclic) bond motifs is 2. The van der Waals surface area contributed by atoms with E-state index in [9.17, 15) is 9.18 Å². The number of piperidine rings is 1. The van der Waals surface area contributed by atoms with E-state index in [1.807, 2.05) is 12.1 Å². The molecule has 3 atom stereocenters. The van der Waals surface area contributed by atoms with Gasteiger partial charge in [-0.05, 0) is 36.1 Å². The molecule has 3 N–H and O–H groups in total. The number of nitrogens with zero attached hydrogens (tertiary/aromatic N) is 4. The summed E-state index contributed by atoms with van der Waals surface area (Å²) in [6.45, 7) is 2.39. The van der Waals surface area contributed by atoms with E-state index in [0.717, 1.165) is 29.7 Å². The molecule has 1 unspecified atom stereocenters. The highest BCUT2D eigenvalue weighted by Gasteiger charge is 2.55. The minimum absolute atomic E-state index is 0.214. The number of hydrogen-bond acceptors (Lipinski definition) is 7. The first-order valence-corrected chi connectivity index (χ1v) is 9.42. The van der Waals surface area contributed by atoms with Gasteiger partial charge >= 0.3 is 0 Å². The van der Waals surface area contributed by atoms with Gasteiger partial charge in [-0.3, -0.25) is 15.0 Å². The summed E-state index contributed by atoms with van der Waals surface area (Å²) < 4.78 is 13.3. The van der Waals surface area contributed by atoms with E-state index < -0.39 is 5.91 Å². The average Bonchev–Trinajstić information content (AvgIpc) is 3.20. The fraction of sp³-hybridized carbons (Fsp3) is 0.300. The molecule has 8 nitrogen and oxygen atoms in total. The van der Waals surface area contributed by atoms with E-state index in [-0.39, 0.29) is 11.4 Å². The van der Waals surface area contributed by atoms with Gasteiger partial charge in [-0.15, -0.1) is 0 Å². The third-order valence-electron chi connectivity index (χ3n) is 5.71. The van der Waals surface area contributed by atoms with Crippen LogP contribution < -0.4 is 15.7 Å². The Morgan fingerprint density at radius 3 is 2.66 bits per heavy atom. The lowest BCUT2D eigenvalue weighted by molar-refractivity contribution is 0.0705. The predicted molar refractivity (Wildman–Crippen MR) is 103 cm³/mol. The number of benzene rings is 1. The number of rotatable bonds is 5. The quantitative estimate of drug-likeness (QED) is 0.445. The monoisotopic (exact) mass is 394 g/mol. The van der Waals surface area contributed by atoms with Crippen LogP contribution in [0.3, 0.4) is 0 Å². The highest BCUT2D eigenvalue weighted by molar-refractivity contribution is 5.92. The minimum atomic E-state index is -0.627. The molecular weight excluding hydrogens is 375 g/mol. The van der Waals surface area contributed by atoms with E-state index in [0.29, 0.717) is 30.4 Å². The Labute approximate surface area is 165 Å². The molecule has 1 saturated heterocycles. The van der Waals surface area contributed by atoms with Crippen molar-refractivity contribution in [3.63, 3.8) is 0 Å². The summed E-state index contributed by atoms with van der Waals surface area (Å²) in [5.74, 6) is 0.782. The molecule has 0 bridgehead atoms. The van der Waals surface area contributed by atoms with Crippen LogP contribution in [-0.4, -0.2) is 45.2 Å². The smallest absolute Gasteiger partial charge is 0.277 e. The summed E-state index contributed by atoms with van der Waals surface area (Å²) in [6, 6.07) is 8.89. The van der Waals surface area contributed by atoms with Crippen molar-refractivity contribution < 1.29 is 14.4 Å². The third-order valence-corrected chi connectivity index (χ3v) is 5.71. The van der Waals surface area contributed by atoms with E-state index in [1.165, 1.54) is 24.5 Å². The first-order valence-electron chi connectivity index (χ1n) is 9.42. The van der Waals surface area contributed by atoms with Crippen LogP contribution in [0.25, 0.3) is 10.9 Å². The van der Waals surface area contributed by atoms with E-state index in [1.54, 1.807) is 11.5 Å². The Morgan fingerprint density at radius 1 is 1.17 bits per heavy atom. The lowest BCUT2D eigenvalue weighted by atomic mass is 10.2. The molecule has 148 valence electrons. The summed E-state index contributed by atoms with van der Waals surface area (Å²) in [4.78, 5) is 26.5. The van der Waals surface area contributed by atoms with Crippen molar-refractivity contribution in [1.29, 1.82) is 0 Å². The van der Waals surface area contributed by atoms with Gasteiger partial charge in [0.2, 0.25) is 5.95 Å². The molecular formula is C20H19FN6O2. The number of carbonyl (C=O) groups excluding carboxylic acids is 1. The van der Waals surface area contributed by atoms with Crippen LogP contribution in [0.1, 0.15) is 16.1 Å². The lowest BCUT2D eigenvalue weighted by Crippen LogP contribution is -2.32. The maximum atomic E-state index is 13.3. The van der Waals surface area contributed by atoms with Gasteiger partial charge in [-0.25, -0.2) is 19.8 Å². The van der Waals surface area contributed by atoms with Gasteiger partial charge in [0, 0.05) is 43.5 Å². The molecule has 1 saturated carbocycles. The topological polar surface area (TPSA) is 103 Å². The molecule has 5 rings (SSSR count). The van der Waals surface area contributed by atoms with Gasteiger partial charge < -0.3 is 10.2 Å². The Morgan fingerprint density at radius 2 is 1.93 bits per heavy atom.